The van der Waals surface area contributed by atoms with Gasteiger partial charge in [0.05, 0.1) is 17.4 Å². The fourth-order valence-electron chi connectivity index (χ4n) is 2.98. The lowest BCUT2D eigenvalue weighted by atomic mass is 10.0. The maximum absolute atomic E-state index is 13.5. The smallest absolute Gasteiger partial charge is 0.387 e. The number of nitrogens with one attached hydrogen (secondary N) is 1. The summed E-state index contributed by atoms with van der Waals surface area (Å²) in [5.41, 5.74) is -2.54. The number of hydrogen-bond donors (Lipinski definition) is 2. The summed E-state index contributed by atoms with van der Waals surface area (Å²) >= 11 is 0. The highest BCUT2D eigenvalue weighted by Crippen LogP contribution is 2.36. The largest absolute Gasteiger partial charge is 0.433 e. The molecule has 2 N–H and O–H groups in total. The summed E-state index contributed by atoms with van der Waals surface area (Å²) in [6, 6.07) is 6.09. The van der Waals surface area contributed by atoms with Gasteiger partial charge in [0.25, 0.3) is 0 Å². The van der Waals surface area contributed by atoms with Crippen molar-refractivity contribution in [3.63, 3.8) is 0 Å². The first-order chi connectivity index (χ1) is 14.0. The van der Waals surface area contributed by atoms with E-state index >= 15 is 0 Å². The van der Waals surface area contributed by atoms with Crippen LogP contribution >= 0.6 is 0 Å². The predicted molar refractivity (Wildman–Crippen MR) is 102 cm³/mol. The van der Waals surface area contributed by atoms with Gasteiger partial charge in [0.2, 0.25) is 0 Å². The molecule has 0 radical (unpaired) electrons. The Labute approximate surface area is 171 Å². The Bertz CT molecular complexity index is 803. The fourth-order valence-corrected chi connectivity index (χ4v) is 2.98. The number of benzene rings is 1. The SMILES string of the molecule is CCCCCCNC[C@@H](O)c1ccc(-c2ccc(C(F)(F)F)cc2)nc1C(F)(F)F. The third-order valence-electron chi connectivity index (χ3n) is 4.61. The zero-order valence-corrected chi connectivity index (χ0v) is 16.4. The molecule has 1 atom stereocenters. The van der Waals surface area contributed by atoms with E-state index < -0.39 is 29.7 Å². The van der Waals surface area contributed by atoms with E-state index in [0.717, 1.165) is 56.0 Å². The van der Waals surface area contributed by atoms with E-state index in [-0.39, 0.29) is 23.4 Å². The monoisotopic (exact) mass is 434 g/mol. The number of halogens is 6. The number of unbranched alkanes of at least 4 members (excludes halogenated alkanes) is 3. The van der Waals surface area contributed by atoms with Crippen LogP contribution in [0.15, 0.2) is 36.4 Å². The lowest BCUT2D eigenvalue weighted by molar-refractivity contribution is -0.142. The summed E-state index contributed by atoms with van der Waals surface area (Å²) < 4.78 is 78.6. The van der Waals surface area contributed by atoms with Gasteiger partial charge >= 0.3 is 12.4 Å². The second kappa shape index (κ2) is 10.3. The van der Waals surface area contributed by atoms with Crippen LogP contribution in [0.2, 0.25) is 0 Å². The van der Waals surface area contributed by atoms with Gasteiger partial charge in [0, 0.05) is 17.7 Å². The van der Waals surface area contributed by atoms with Crippen LogP contribution < -0.4 is 5.32 Å². The molecule has 166 valence electrons. The minimum Gasteiger partial charge on any atom is -0.387 e. The minimum atomic E-state index is -4.82. The summed E-state index contributed by atoms with van der Waals surface area (Å²) in [6.07, 6.45) is -6.79. The molecule has 1 heterocycles. The van der Waals surface area contributed by atoms with Crippen molar-refractivity contribution in [1.29, 1.82) is 0 Å². The van der Waals surface area contributed by atoms with Crippen molar-refractivity contribution in [3.05, 3.63) is 53.2 Å². The summed E-state index contributed by atoms with van der Waals surface area (Å²) in [6.45, 7) is 2.59. The summed E-state index contributed by atoms with van der Waals surface area (Å²) in [5, 5.41) is 13.2. The second-order valence-electron chi connectivity index (χ2n) is 6.99. The fraction of sp³-hybridized carbons (Fsp3) is 0.476. The van der Waals surface area contributed by atoms with Crippen LogP contribution in [0.1, 0.15) is 55.5 Å². The standard InChI is InChI=1S/C21H24F6N2O/c1-2-3-4-5-12-28-13-18(30)16-10-11-17(29-19(16)21(25,26)27)14-6-8-15(9-7-14)20(22,23)24/h6-11,18,28,30H,2-5,12-13H2,1H3/t18-/m1/s1. The second-order valence-corrected chi connectivity index (χ2v) is 6.99. The van der Waals surface area contributed by atoms with Gasteiger partial charge in [-0.2, -0.15) is 26.3 Å². The van der Waals surface area contributed by atoms with Gasteiger partial charge in [-0.15, -0.1) is 0 Å². The number of aromatic nitrogens is 1. The molecule has 0 saturated heterocycles. The van der Waals surface area contributed by atoms with Crippen molar-refractivity contribution in [2.24, 2.45) is 0 Å². The molecule has 0 amide bonds. The van der Waals surface area contributed by atoms with E-state index in [1.165, 1.54) is 6.07 Å². The molecule has 1 aromatic heterocycles. The predicted octanol–water partition coefficient (Wildman–Crippen LogP) is 5.99. The third-order valence-corrected chi connectivity index (χ3v) is 4.61. The summed E-state index contributed by atoms with van der Waals surface area (Å²) in [4.78, 5) is 3.60. The van der Waals surface area contributed by atoms with E-state index in [2.05, 4.69) is 17.2 Å². The van der Waals surface area contributed by atoms with Crippen LogP contribution in [0.5, 0.6) is 0 Å². The van der Waals surface area contributed by atoms with Crippen molar-refractivity contribution in [2.45, 2.75) is 51.1 Å². The number of aliphatic hydroxyl groups is 1. The number of nitrogens with zero attached hydrogens (tertiary/aromatic N) is 1. The average molecular weight is 434 g/mol. The van der Waals surface area contributed by atoms with Gasteiger partial charge < -0.3 is 10.4 Å². The van der Waals surface area contributed by atoms with E-state index in [1.54, 1.807) is 0 Å². The quantitative estimate of drug-likeness (QED) is 0.376. The summed E-state index contributed by atoms with van der Waals surface area (Å²) in [5.74, 6) is 0. The van der Waals surface area contributed by atoms with E-state index in [0.29, 0.717) is 6.54 Å². The molecule has 0 aliphatic heterocycles. The Morgan fingerprint density at radius 3 is 2.13 bits per heavy atom. The van der Waals surface area contributed by atoms with Gasteiger partial charge in [-0.1, -0.05) is 44.4 Å². The number of pyridine rings is 1. The zero-order chi connectivity index (χ0) is 22.4. The Hall–Kier alpha value is -2.13. The molecular weight excluding hydrogens is 410 g/mol. The van der Waals surface area contributed by atoms with Gasteiger partial charge in [-0.05, 0) is 31.2 Å². The molecule has 30 heavy (non-hydrogen) atoms. The molecule has 1 aromatic carbocycles. The molecule has 0 fully saturated rings. The number of alkyl halides is 6. The van der Waals surface area contributed by atoms with Crippen LogP contribution in [0, 0.1) is 0 Å². The Balaban J connectivity index is 2.19. The zero-order valence-electron chi connectivity index (χ0n) is 16.4. The molecule has 0 saturated carbocycles. The maximum atomic E-state index is 13.5. The van der Waals surface area contributed by atoms with Crippen molar-refractivity contribution in [1.82, 2.24) is 10.3 Å². The highest BCUT2D eigenvalue weighted by atomic mass is 19.4. The van der Waals surface area contributed by atoms with E-state index in [9.17, 15) is 31.4 Å². The topological polar surface area (TPSA) is 45.1 Å². The van der Waals surface area contributed by atoms with E-state index in [1.807, 2.05) is 0 Å². The lowest BCUT2D eigenvalue weighted by Gasteiger charge is -2.18. The van der Waals surface area contributed by atoms with Gasteiger partial charge in [0.15, 0.2) is 5.69 Å². The molecule has 2 aromatic rings. The van der Waals surface area contributed by atoms with Crippen molar-refractivity contribution >= 4 is 0 Å². The molecule has 0 aliphatic rings. The molecular formula is C21H24F6N2O. The van der Waals surface area contributed by atoms with Gasteiger partial charge in [-0.25, -0.2) is 4.98 Å². The van der Waals surface area contributed by atoms with Crippen LogP contribution in [0.3, 0.4) is 0 Å². The summed E-state index contributed by atoms with van der Waals surface area (Å²) in [7, 11) is 0. The Morgan fingerprint density at radius 1 is 0.900 bits per heavy atom. The highest BCUT2D eigenvalue weighted by Gasteiger charge is 2.37. The number of aliphatic hydroxyl groups excluding tert-OH is 1. The molecule has 0 unspecified atom stereocenters. The van der Waals surface area contributed by atoms with E-state index in [4.69, 9.17) is 0 Å². The third kappa shape index (κ3) is 6.70. The Morgan fingerprint density at radius 2 is 1.57 bits per heavy atom. The molecule has 2 rings (SSSR count). The highest BCUT2D eigenvalue weighted by molar-refractivity contribution is 5.60. The van der Waals surface area contributed by atoms with Crippen LogP contribution in [0.25, 0.3) is 11.3 Å². The van der Waals surface area contributed by atoms with Crippen molar-refractivity contribution < 1.29 is 31.4 Å². The van der Waals surface area contributed by atoms with Gasteiger partial charge in [0.1, 0.15) is 0 Å². The normalized spacial score (nSPS) is 13.5. The van der Waals surface area contributed by atoms with Gasteiger partial charge in [-0.3, -0.25) is 0 Å². The minimum absolute atomic E-state index is 0.0590. The molecule has 9 heteroatoms. The molecule has 0 spiro atoms. The van der Waals surface area contributed by atoms with Crippen LogP contribution in [-0.4, -0.2) is 23.2 Å². The molecule has 0 aliphatic carbocycles. The Kier molecular flexibility index (Phi) is 8.25. The first-order valence-electron chi connectivity index (χ1n) is 9.68. The average Bonchev–Trinajstić information content (AvgIpc) is 2.69. The molecule has 0 bridgehead atoms. The van der Waals surface area contributed by atoms with Crippen molar-refractivity contribution in [2.75, 3.05) is 13.1 Å². The number of rotatable bonds is 9. The van der Waals surface area contributed by atoms with Crippen LogP contribution in [-0.2, 0) is 12.4 Å². The maximum Gasteiger partial charge on any atom is 0.433 e. The van der Waals surface area contributed by atoms with Crippen molar-refractivity contribution in [3.8, 4) is 11.3 Å². The lowest BCUT2D eigenvalue weighted by Crippen LogP contribution is -2.25. The molecule has 3 nitrogen and oxygen atoms in total. The first-order valence-corrected chi connectivity index (χ1v) is 9.68. The van der Waals surface area contributed by atoms with Crippen LogP contribution in [0.4, 0.5) is 26.3 Å². The first kappa shape index (κ1) is 24.1. The number of hydrogen-bond acceptors (Lipinski definition) is 3.